The highest BCUT2D eigenvalue weighted by Gasteiger charge is 2.35. The molecule has 0 heterocycles. The van der Waals surface area contributed by atoms with Crippen LogP contribution in [0, 0.1) is 5.82 Å². The van der Waals surface area contributed by atoms with Crippen LogP contribution in [0.25, 0.3) is 0 Å². The first-order chi connectivity index (χ1) is 7.50. The molecule has 2 nitrogen and oxygen atoms in total. The van der Waals surface area contributed by atoms with Crippen molar-refractivity contribution in [2.45, 2.75) is 31.2 Å². The van der Waals surface area contributed by atoms with Gasteiger partial charge < -0.3 is 5.73 Å². The Morgan fingerprint density at radius 2 is 2.19 bits per heavy atom. The summed E-state index contributed by atoms with van der Waals surface area (Å²) in [5.41, 5.74) is 5.62. The Morgan fingerprint density at radius 3 is 2.69 bits per heavy atom. The highest BCUT2D eigenvalue weighted by atomic mass is 35.5. The predicted molar refractivity (Wildman–Crippen MR) is 61.1 cm³/mol. The molecule has 86 valence electrons. The Hall–Kier alpha value is -0.930. The van der Waals surface area contributed by atoms with Gasteiger partial charge in [0.25, 0.3) is 0 Å². The van der Waals surface area contributed by atoms with E-state index in [0.29, 0.717) is 5.02 Å². The number of carbonyl (C=O) groups excluding carboxylic acids is 1. The Labute approximate surface area is 98.6 Å². The van der Waals surface area contributed by atoms with E-state index < -0.39 is 11.4 Å². The van der Waals surface area contributed by atoms with Gasteiger partial charge in [-0.15, -0.1) is 0 Å². The minimum absolute atomic E-state index is 0.0844. The minimum Gasteiger partial charge on any atom is -0.325 e. The first kappa shape index (κ1) is 11.6. The van der Waals surface area contributed by atoms with E-state index in [1.54, 1.807) is 0 Å². The van der Waals surface area contributed by atoms with Crippen LogP contribution < -0.4 is 5.73 Å². The molecule has 0 bridgehead atoms. The molecule has 4 heteroatoms. The van der Waals surface area contributed by atoms with Gasteiger partial charge in [0, 0.05) is 17.0 Å². The maximum absolute atomic E-state index is 13.5. The largest absolute Gasteiger partial charge is 0.325 e. The molecule has 1 aromatic rings. The van der Waals surface area contributed by atoms with Gasteiger partial charge in [0.2, 0.25) is 0 Å². The van der Waals surface area contributed by atoms with Crippen LogP contribution in [0.15, 0.2) is 18.2 Å². The molecule has 0 spiro atoms. The lowest BCUT2D eigenvalue weighted by atomic mass is 9.74. The van der Waals surface area contributed by atoms with Gasteiger partial charge in [0.1, 0.15) is 5.82 Å². The van der Waals surface area contributed by atoms with Gasteiger partial charge in [0.15, 0.2) is 5.78 Å². The number of rotatable bonds is 3. The summed E-state index contributed by atoms with van der Waals surface area (Å²) in [4.78, 5) is 11.8. The molecule has 1 aliphatic rings. The number of hydrogen-bond acceptors (Lipinski definition) is 2. The molecule has 0 amide bonds. The van der Waals surface area contributed by atoms with Crippen molar-refractivity contribution < 1.29 is 9.18 Å². The summed E-state index contributed by atoms with van der Waals surface area (Å²) in [6, 6.07) is 4.09. The standard InChI is InChI=1S/C12H13ClFNO/c13-8-2-3-9(10(14)6-8)11(16)7-12(15)4-1-5-12/h2-3,6H,1,4-5,7,15H2. The molecule has 1 fully saturated rings. The summed E-state index contributed by atoms with van der Waals surface area (Å²) in [6.07, 6.45) is 2.94. The number of ketones is 1. The van der Waals surface area contributed by atoms with E-state index in [9.17, 15) is 9.18 Å². The van der Waals surface area contributed by atoms with Gasteiger partial charge in [0.05, 0.1) is 5.56 Å². The van der Waals surface area contributed by atoms with Crippen molar-refractivity contribution >= 4 is 17.4 Å². The summed E-state index contributed by atoms with van der Waals surface area (Å²) >= 11 is 5.62. The Morgan fingerprint density at radius 1 is 1.50 bits per heavy atom. The van der Waals surface area contributed by atoms with E-state index in [-0.39, 0.29) is 17.8 Å². The molecule has 0 aromatic heterocycles. The molecule has 1 aliphatic carbocycles. The number of halogens is 2. The molecule has 0 saturated heterocycles. The topological polar surface area (TPSA) is 43.1 Å². The Bertz CT molecular complexity index is 429. The van der Waals surface area contributed by atoms with Gasteiger partial charge in [-0.25, -0.2) is 4.39 Å². The zero-order valence-corrected chi connectivity index (χ0v) is 9.56. The molecular formula is C12H13ClFNO. The molecule has 2 N–H and O–H groups in total. The van der Waals surface area contributed by atoms with Crippen molar-refractivity contribution in [2.75, 3.05) is 0 Å². The number of hydrogen-bond donors (Lipinski definition) is 1. The van der Waals surface area contributed by atoms with Gasteiger partial charge in [-0.3, -0.25) is 4.79 Å². The zero-order valence-electron chi connectivity index (χ0n) is 8.80. The Balaban J connectivity index is 2.14. The second-order valence-corrected chi connectivity index (χ2v) is 4.88. The summed E-state index contributed by atoms with van der Waals surface area (Å²) in [5, 5.41) is 0.292. The van der Waals surface area contributed by atoms with Crippen molar-refractivity contribution in [3.8, 4) is 0 Å². The molecule has 2 rings (SSSR count). The maximum Gasteiger partial charge on any atom is 0.167 e. The van der Waals surface area contributed by atoms with Crippen LogP contribution in [0.1, 0.15) is 36.0 Å². The summed E-state index contributed by atoms with van der Waals surface area (Å²) in [7, 11) is 0. The molecule has 0 aliphatic heterocycles. The van der Waals surface area contributed by atoms with Crippen molar-refractivity contribution in [1.82, 2.24) is 0 Å². The number of benzene rings is 1. The molecule has 0 unspecified atom stereocenters. The fraction of sp³-hybridized carbons (Fsp3) is 0.417. The number of Topliss-reactive ketones (excluding diaryl/α,β-unsaturated/α-hetero) is 1. The van der Waals surface area contributed by atoms with Crippen molar-refractivity contribution in [3.05, 3.63) is 34.6 Å². The predicted octanol–water partition coefficient (Wildman–Crippen LogP) is 2.93. The van der Waals surface area contributed by atoms with Crippen LogP contribution in [0.3, 0.4) is 0 Å². The third kappa shape index (κ3) is 2.25. The van der Waals surface area contributed by atoms with Gasteiger partial charge in [-0.2, -0.15) is 0 Å². The van der Waals surface area contributed by atoms with Crippen LogP contribution in [0.4, 0.5) is 4.39 Å². The Kier molecular flexibility index (Phi) is 3.00. The normalized spacial score (nSPS) is 17.9. The van der Waals surface area contributed by atoms with Gasteiger partial charge in [-0.1, -0.05) is 11.6 Å². The van der Waals surface area contributed by atoms with Crippen molar-refractivity contribution in [3.63, 3.8) is 0 Å². The summed E-state index contributed by atoms with van der Waals surface area (Å²) in [5.74, 6) is -0.809. The van der Waals surface area contributed by atoms with Crippen LogP contribution in [-0.2, 0) is 0 Å². The smallest absolute Gasteiger partial charge is 0.167 e. The van der Waals surface area contributed by atoms with E-state index in [2.05, 4.69) is 0 Å². The highest BCUT2D eigenvalue weighted by Crippen LogP contribution is 2.33. The minimum atomic E-state index is -0.569. The van der Waals surface area contributed by atoms with Gasteiger partial charge in [-0.05, 0) is 37.5 Å². The van der Waals surface area contributed by atoms with E-state index >= 15 is 0 Å². The first-order valence-corrected chi connectivity index (χ1v) is 5.65. The van der Waals surface area contributed by atoms with Crippen molar-refractivity contribution in [2.24, 2.45) is 5.73 Å². The molecule has 1 saturated carbocycles. The molecule has 16 heavy (non-hydrogen) atoms. The fourth-order valence-electron chi connectivity index (χ4n) is 1.94. The van der Waals surface area contributed by atoms with Crippen molar-refractivity contribution in [1.29, 1.82) is 0 Å². The molecule has 0 radical (unpaired) electrons. The quantitative estimate of drug-likeness (QED) is 0.827. The van der Waals surface area contributed by atoms with Crippen LogP contribution >= 0.6 is 11.6 Å². The number of carbonyl (C=O) groups is 1. The monoisotopic (exact) mass is 241 g/mol. The second kappa shape index (κ2) is 4.15. The van der Waals surface area contributed by atoms with E-state index in [4.69, 9.17) is 17.3 Å². The molecule has 1 aromatic carbocycles. The number of nitrogens with two attached hydrogens (primary N) is 1. The average molecular weight is 242 g/mol. The second-order valence-electron chi connectivity index (χ2n) is 4.44. The van der Waals surface area contributed by atoms with E-state index in [1.165, 1.54) is 12.1 Å². The SMILES string of the molecule is NC1(CC(=O)c2ccc(Cl)cc2F)CCC1. The van der Waals surface area contributed by atoms with Crippen LogP contribution in [0.2, 0.25) is 5.02 Å². The van der Waals surface area contributed by atoms with Crippen LogP contribution in [-0.4, -0.2) is 11.3 Å². The lowest BCUT2D eigenvalue weighted by molar-refractivity contribution is 0.0908. The fourth-order valence-corrected chi connectivity index (χ4v) is 2.10. The van der Waals surface area contributed by atoms with Crippen LogP contribution in [0.5, 0.6) is 0 Å². The molecule has 0 atom stereocenters. The summed E-state index contributed by atoms with van der Waals surface area (Å²) in [6.45, 7) is 0. The lowest BCUT2D eigenvalue weighted by Gasteiger charge is -2.37. The van der Waals surface area contributed by atoms with Gasteiger partial charge >= 0.3 is 0 Å². The summed E-state index contributed by atoms with van der Waals surface area (Å²) < 4.78 is 13.5. The first-order valence-electron chi connectivity index (χ1n) is 5.27. The van der Waals surface area contributed by atoms with E-state index in [1.807, 2.05) is 0 Å². The third-order valence-electron chi connectivity index (χ3n) is 3.09. The average Bonchev–Trinajstić information content (AvgIpc) is 2.14. The molecular weight excluding hydrogens is 229 g/mol. The van der Waals surface area contributed by atoms with E-state index in [0.717, 1.165) is 25.3 Å². The highest BCUT2D eigenvalue weighted by molar-refractivity contribution is 6.30. The third-order valence-corrected chi connectivity index (χ3v) is 3.33. The maximum atomic E-state index is 13.5. The zero-order chi connectivity index (χ0) is 11.8. The lowest BCUT2D eigenvalue weighted by Crippen LogP contribution is -2.48.